The largest absolute Gasteiger partial charge is 0.420 e. The molecule has 0 unspecified atom stereocenters. The number of halogens is 2. The molecule has 0 spiro atoms. The topological polar surface area (TPSA) is 26.3 Å². The molecule has 156 valence electrons. The lowest BCUT2D eigenvalue weighted by molar-refractivity contribution is 0.0726. The number of carbonyl (C=O) groups excluding carboxylic acids is 1. The lowest BCUT2D eigenvalue weighted by Crippen LogP contribution is -2.10. The molecule has 0 fully saturated rings. The molecule has 0 radical (unpaired) electrons. The van der Waals surface area contributed by atoms with Gasteiger partial charge in [0.15, 0.2) is 11.6 Å². The summed E-state index contributed by atoms with van der Waals surface area (Å²) in [6.07, 6.45) is 5.07. The molecule has 0 N–H and O–H groups in total. The second kappa shape index (κ2) is 10.1. The van der Waals surface area contributed by atoms with E-state index < -0.39 is 23.4 Å². The zero-order valence-electron chi connectivity index (χ0n) is 17.4. The number of ether oxygens (including phenoxy) is 1. The number of aryl methyl sites for hydroxylation is 2. The summed E-state index contributed by atoms with van der Waals surface area (Å²) in [7, 11) is 0. The third-order valence-corrected chi connectivity index (χ3v) is 5.19. The molecule has 0 heterocycles. The van der Waals surface area contributed by atoms with Crippen LogP contribution < -0.4 is 4.74 Å². The minimum atomic E-state index is -1.14. The molecule has 2 nitrogen and oxygen atoms in total. The average molecular weight is 408 g/mol. The third kappa shape index (κ3) is 5.12. The van der Waals surface area contributed by atoms with E-state index in [1.54, 1.807) is 19.1 Å². The molecular formula is C26H26F2O2. The number of rotatable bonds is 8. The zero-order chi connectivity index (χ0) is 21.5. The van der Waals surface area contributed by atoms with Crippen molar-refractivity contribution in [3.8, 4) is 16.9 Å². The van der Waals surface area contributed by atoms with Crippen LogP contribution in [0.3, 0.4) is 0 Å². The number of unbranched alkanes of at least 4 members (excludes halogenated alkanes) is 2. The Kier molecular flexibility index (Phi) is 7.34. The monoisotopic (exact) mass is 408 g/mol. The molecule has 3 aromatic rings. The highest BCUT2D eigenvalue weighted by atomic mass is 19.2. The Morgan fingerprint density at radius 2 is 1.43 bits per heavy atom. The van der Waals surface area contributed by atoms with Crippen LogP contribution in [0, 0.1) is 11.6 Å². The minimum Gasteiger partial charge on any atom is -0.420 e. The smallest absolute Gasteiger partial charge is 0.343 e. The molecule has 3 rings (SSSR count). The van der Waals surface area contributed by atoms with Gasteiger partial charge in [0, 0.05) is 0 Å². The first kappa shape index (κ1) is 21.7. The Labute approximate surface area is 176 Å². The maximum absolute atomic E-state index is 14.1. The fourth-order valence-corrected chi connectivity index (χ4v) is 3.32. The molecule has 0 amide bonds. The van der Waals surface area contributed by atoms with E-state index in [-0.39, 0.29) is 11.1 Å². The molecule has 4 heteroatoms. The van der Waals surface area contributed by atoms with Crippen molar-refractivity contribution in [1.82, 2.24) is 0 Å². The van der Waals surface area contributed by atoms with Crippen molar-refractivity contribution in [2.24, 2.45) is 0 Å². The maximum atomic E-state index is 14.1. The molecule has 0 aliphatic heterocycles. The van der Waals surface area contributed by atoms with E-state index in [0.717, 1.165) is 17.5 Å². The van der Waals surface area contributed by atoms with E-state index in [1.807, 2.05) is 12.1 Å². The summed E-state index contributed by atoms with van der Waals surface area (Å²) >= 11 is 0. The third-order valence-electron chi connectivity index (χ3n) is 5.19. The molecule has 0 aromatic heterocycles. The van der Waals surface area contributed by atoms with E-state index in [9.17, 15) is 13.6 Å². The van der Waals surface area contributed by atoms with Crippen LogP contribution in [0.15, 0.2) is 60.7 Å². The Morgan fingerprint density at radius 1 is 0.800 bits per heavy atom. The first-order valence-electron chi connectivity index (χ1n) is 10.4. The van der Waals surface area contributed by atoms with Crippen LogP contribution in [0.2, 0.25) is 0 Å². The first-order valence-corrected chi connectivity index (χ1v) is 10.4. The van der Waals surface area contributed by atoms with Crippen molar-refractivity contribution in [3.05, 3.63) is 89.0 Å². The van der Waals surface area contributed by atoms with Gasteiger partial charge < -0.3 is 4.74 Å². The summed E-state index contributed by atoms with van der Waals surface area (Å²) < 4.78 is 33.1. The van der Waals surface area contributed by atoms with Gasteiger partial charge in [-0.1, -0.05) is 69.2 Å². The number of carbonyl (C=O) groups is 1. The van der Waals surface area contributed by atoms with E-state index in [2.05, 4.69) is 31.2 Å². The normalized spacial score (nSPS) is 10.8. The summed E-state index contributed by atoms with van der Waals surface area (Å²) in [6, 6.07) is 18.0. The van der Waals surface area contributed by atoms with Crippen LogP contribution in [0.5, 0.6) is 5.75 Å². The van der Waals surface area contributed by atoms with Gasteiger partial charge in [0.05, 0.1) is 5.56 Å². The van der Waals surface area contributed by atoms with Crippen LogP contribution in [0.1, 0.15) is 54.6 Å². The predicted octanol–water partition coefficient (Wildman–Crippen LogP) is 7.15. The first-order chi connectivity index (χ1) is 14.5. The summed E-state index contributed by atoms with van der Waals surface area (Å²) in [5.41, 5.74) is 3.85. The number of esters is 1. The van der Waals surface area contributed by atoms with Gasteiger partial charge in [0.1, 0.15) is 0 Å². The highest BCUT2D eigenvalue weighted by molar-refractivity contribution is 5.91. The van der Waals surface area contributed by atoms with Gasteiger partial charge in [0.2, 0.25) is 5.82 Å². The Bertz CT molecular complexity index is 993. The molecule has 0 atom stereocenters. The standard InChI is InChI=1S/C26H26F2O2/c1-3-5-6-7-18-8-10-20(11-9-18)21-12-14-22(15-13-21)26(29)30-23-17-16-19(4-2)24(27)25(23)28/h8-17H,3-7H2,1-2H3. The Morgan fingerprint density at radius 3 is 2.03 bits per heavy atom. The van der Waals surface area contributed by atoms with Crippen molar-refractivity contribution in [2.45, 2.75) is 46.0 Å². The summed E-state index contributed by atoms with van der Waals surface area (Å²) in [6.45, 7) is 3.92. The van der Waals surface area contributed by atoms with Crippen LogP contribution in [0.25, 0.3) is 11.1 Å². The van der Waals surface area contributed by atoms with Crippen LogP contribution in [0.4, 0.5) is 8.78 Å². The highest BCUT2D eigenvalue weighted by Crippen LogP contribution is 2.25. The van der Waals surface area contributed by atoms with Gasteiger partial charge in [-0.3, -0.25) is 0 Å². The second-order valence-electron chi connectivity index (χ2n) is 7.33. The number of hydrogen-bond donors (Lipinski definition) is 0. The molecule has 30 heavy (non-hydrogen) atoms. The quantitative estimate of drug-likeness (QED) is 0.225. The van der Waals surface area contributed by atoms with Crippen molar-refractivity contribution < 1.29 is 18.3 Å². The van der Waals surface area contributed by atoms with E-state index in [4.69, 9.17) is 4.74 Å². The van der Waals surface area contributed by atoms with Crippen molar-refractivity contribution in [1.29, 1.82) is 0 Å². The average Bonchev–Trinajstić information content (AvgIpc) is 2.78. The lowest BCUT2D eigenvalue weighted by atomic mass is 10.0. The Hall–Kier alpha value is -3.01. The fraction of sp³-hybridized carbons (Fsp3) is 0.269. The number of hydrogen-bond acceptors (Lipinski definition) is 2. The van der Waals surface area contributed by atoms with E-state index in [0.29, 0.717) is 6.42 Å². The van der Waals surface area contributed by atoms with E-state index >= 15 is 0 Å². The minimum absolute atomic E-state index is 0.244. The lowest BCUT2D eigenvalue weighted by Gasteiger charge is -2.09. The molecular weight excluding hydrogens is 382 g/mol. The van der Waals surface area contributed by atoms with Crippen molar-refractivity contribution in [3.63, 3.8) is 0 Å². The van der Waals surface area contributed by atoms with Gasteiger partial charge in [-0.05, 0) is 59.7 Å². The molecule has 0 saturated heterocycles. The summed E-state index contributed by atoms with van der Waals surface area (Å²) in [4.78, 5) is 12.3. The highest BCUT2D eigenvalue weighted by Gasteiger charge is 2.17. The number of benzene rings is 3. The van der Waals surface area contributed by atoms with Crippen LogP contribution >= 0.6 is 0 Å². The van der Waals surface area contributed by atoms with Crippen molar-refractivity contribution >= 4 is 5.97 Å². The molecule has 0 bridgehead atoms. The predicted molar refractivity (Wildman–Crippen MR) is 116 cm³/mol. The van der Waals surface area contributed by atoms with Gasteiger partial charge in [-0.2, -0.15) is 4.39 Å². The van der Waals surface area contributed by atoms with Gasteiger partial charge in [-0.25, -0.2) is 9.18 Å². The second-order valence-corrected chi connectivity index (χ2v) is 7.33. The Balaban J connectivity index is 1.68. The van der Waals surface area contributed by atoms with Crippen LogP contribution in [-0.4, -0.2) is 5.97 Å². The van der Waals surface area contributed by atoms with Crippen LogP contribution in [-0.2, 0) is 12.8 Å². The van der Waals surface area contributed by atoms with Gasteiger partial charge in [0.25, 0.3) is 0 Å². The molecule has 0 aliphatic rings. The van der Waals surface area contributed by atoms with E-state index in [1.165, 1.54) is 37.0 Å². The molecule has 3 aromatic carbocycles. The SMILES string of the molecule is CCCCCc1ccc(-c2ccc(C(=O)Oc3ccc(CC)c(F)c3F)cc2)cc1. The summed E-state index contributed by atoms with van der Waals surface area (Å²) in [5, 5.41) is 0. The van der Waals surface area contributed by atoms with Crippen molar-refractivity contribution in [2.75, 3.05) is 0 Å². The fourth-order valence-electron chi connectivity index (χ4n) is 3.32. The molecule has 0 saturated carbocycles. The zero-order valence-corrected chi connectivity index (χ0v) is 17.4. The summed E-state index contributed by atoms with van der Waals surface area (Å²) in [5.74, 6) is -3.25. The molecule has 0 aliphatic carbocycles. The van der Waals surface area contributed by atoms with Gasteiger partial charge >= 0.3 is 5.97 Å². The maximum Gasteiger partial charge on any atom is 0.343 e. The van der Waals surface area contributed by atoms with Gasteiger partial charge in [-0.15, -0.1) is 0 Å².